The van der Waals surface area contributed by atoms with Crippen molar-refractivity contribution in [1.82, 2.24) is 10.3 Å². The van der Waals surface area contributed by atoms with Crippen LogP contribution in [0.3, 0.4) is 0 Å². The van der Waals surface area contributed by atoms with Crippen LogP contribution in [0.2, 0.25) is 0 Å². The Labute approximate surface area is 169 Å². The van der Waals surface area contributed by atoms with Gasteiger partial charge < -0.3 is 10.6 Å². The fourth-order valence-corrected chi connectivity index (χ4v) is 3.53. The average Bonchev–Trinajstić information content (AvgIpc) is 2.78. The molecule has 0 saturated carbocycles. The second kappa shape index (κ2) is 8.14. The van der Waals surface area contributed by atoms with E-state index in [1.54, 1.807) is 30.3 Å². The molecule has 29 heavy (non-hydrogen) atoms. The van der Waals surface area contributed by atoms with Crippen molar-refractivity contribution in [2.24, 2.45) is 0 Å². The van der Waals surface area contributed by atoms with E-state index in [0.717, 1.165) is 35.3 Å². The van der Waals surface area contributed by atoms with Crippen LogP contribution in [0, 0.1) is 0 Å². The van der Waals surface area contributed by atoms with Gasteiger partial charge in [-0.05, 0) is 54.8 Å². The summed E-state index contributed by atoms with van der Waals surface area (Å²) in [6.45, 7) is 0.666. The van der Waals surface area contributed by atoms with Gasteiger partial charge >= 0.3 is 6.03 Å². The zero-order valence-corrected chi connectivity index (χ0v) is 16.2. The molecule has 2 N–H and O–H groups in total. The Morgan fingerprint density at radius 2 is 1.86 bits per heavy atom. The molecule has 1 aromatic heterocycles. The normalized spacial score (nSPS) is 12.8. The molecule has 6 heteroatoms. The molecule has 0 aliphatic carbocycles. The zero-order chi connectivity index (χ0) is 20.2. The molecular weight excluding hydrogens is 364 g/mol. The van der Waals surface area contributed by atoms with Gasteiger partial charge in [0.05, 0.1) is 11.4 Å². The Balaban J connectivity index is 1.52. The third-order valence-electron chi connectivity index (χ3n) is 5.03. The number of carbonyl (C=O) groups excluding carboxylic acids is 2. The molecule has 0 spiro atoms. The summed E-state index contributed by atoms with van der Waals surface area (Å²) in [5.74, 6) is -0.195. The van der Waals surface area contributed by atoms with Gasteiger partial charge in [-0.25, -0.2) is 4.79 Å². The van der Waals surface area contributed by atoms with Crippen molar-refractivity contribution in [3.63, 3.8) is 0 Å². The van der Waals surface area contributed by atoms with Crippen LogP contribution < -0.4 is 15.5 Å². The molecule has 2 heterocycles. The van der Waals surface area contributed by atoms with E-state index in [2.05, 4.69) is 15.6 Å². The second-order valence-corrected chi connectivity index (χ2v) is 6.90. The number of pyridine rings is 1. The number of carbonyl (C=O) groups is 2. The van der Waals surface area contributed by atoms with Crippen molar-refractivity contribution in [1.29, 1.82) is 0 Å². The summed E-state index contributed by atoms with van der Waals surface area (Å²) in [6.07, 6.45) is 3.59. The lowest BCUT2D eigenvalue weighted by Gasteiger charge is -2.29. The maximum Gasteiger partial charge on any atom is 0.321 e. The van der Waals surface area contributed by atoms with Crippen molar-refractivity contribution in [3.8, 4) is 11.3 Å². The van der Waals surface area contributed by atoms with Crippen LogP contribution in [0.15, 0.2) is 66.9 Å². The van der Waals surface area contributed by atoms with Gasteiger partial charge in [0.15, 0.2) is 0 Å². The van der Waals surface area contributed by atoms with Gasteiger partial charge in [0.1, 0.15) is 0 Å². The number of benzene rings is 2. The molecule has 3 aromatic rings. The summed E-state index contributed by atoms with van der Waals surface area (Å²) >= 11 is 0. The third-order valence-corrected chi connectivity index (χ3v) is 5.03. The van der Waals surface area contributed by atoms with E-state index >= 15 is 0 Å². The van der Waals surface area contributed by atoms with Gasteiger partial charge in [-0.3, -0.25) is 14.7 Å². The number of amides is 3. The highest BCUT2D eigenvalue weighted by Gasteiger charge is 2.22. The molecule has 146 valence electrons. The molecule has 6 nitrogen and oxygen atoms in total. The summed E-state index contributed by atoms with van der Waals surface area (Å²) in [7, 11) is 1.62. The van der Waals surface area contributed by atoms with E-state index in [-0.39, 0.29) is 11.9 Å². The Hall–Kier alpha value is -3.67. The number of rotatable bonds is 3. The van der Waals surface area contributed by atoms with Crippen LogP contribution in [-0.2, 0) is 6.42 Å². The standard InChI is InChI=1S/C23H22N4O2/c1-24-23(29)27-14-4-5-17-11-12-19(15-21(17)27)26-22(28)18-9-7-16(8-10-18)20-6-2-3-13-25-20/h2-3,6-13,15H,4-5,14H2,1H3,(H,24,29)(H,26,28). The van der Waals surface area contributed by atoms with Gasteiger partial charge in [-0.1, -0.05) is 24.3 Å². The molecule has 0 fully saturated rings. The number of aryl methyl sites for hydroxylation is 1. The number of hydrogen-bond donors (Lipinski definition) is 2. The largest absolute Gasteiger partial charge is 0.341 e. The number of aromatic nitrogens is 1. The first-order valence-electron chi connectivity index (χ1n) is 9.61. The molecule has 4 rings (SSSR count). The van der Waals surface area contributed by atoms with Crippen LogP contribution in [0.5, 0.6) is 0 Å². The third kappa shape index (κ3) is 3.96. The maximum atomic E-state index is 12.7. The van der Waals surface area contributed by atoms with Crippen molar-refractivity contribution >= 4 is 23.3 Å². The number of anilines is 2. The summed E-state index contributed by atoms with van der Waals surface area (Å²) < 4.78 is 0. The Morgan fingerprint density at radius 1 is 1.03 bits per heavy atom. The van der Waals surface area contributed by atoms with Crippen molar-refractivity contribution in [2.45, 2.75) is 12.8 Å². The topological polar surface area (TPSA) is 74.3 Å². The lowest BCUT2D eigenvalue weighted by Crippen LogP contribution is -2.41. The van der Waals surface area contributed by atoms with E-state index in [1.165, 1.54) is 0 Å². The predicted molar refractivity (Wildman–Crippen MR) is 114 cm³/mol. The highest BCUT2D eigenvalue weighted by atomic mass is 16.2. The molecule has 0 atom stereocenters. The fraction of sp³-hybridized carbons (Fsp3) is 0.174. The quantitative estimate of drug-likeness (QED) is 0.712. The van der Waals surface area contributed by atoms with Crippen LogP contribution in [0.25, 0.3) is 11.3 Å². The smallest absolute Gasteiger partial charge is 0.321 e. The summed E-state index contributed by atoms with van der Waals surface area (Å²) in [6, 6.07) is 18.7. The van der Waals surface area contributed by atoms with E-state index < -0.39 is 0 Å². The summed E-state index contributed by atoms with van der Waals surface area (Å²) in [5, 5.41) is 5.61. The minimum absolute atomic E-state index is 0.139. The van der Waals surface area contributed by atoms with E-state index in [0.29, 0.717) is 17.8 Å². The van der Waals surface area contributed by atoms with Crippen LogP contribution in [0.1, 0.15) is 22.3 Å². The molecule has 3 amide bonds. The first kappa shape index (κ1) is 18.7. The van der Waals surface area contributed by atoms with Gasteiger partial charge in [-0.2, -0.15) is 0 Å². The average molecular weight is 386 g/mol. The Bertz CT molecular complexity index is 1030. The lowest BCUT2D eigenvalue weighted by atomic mass is 10.0. The SMILES string of the molecule is CNC(=O)N1CCCc2ccc(NC(=O)c3ccc(-c4ccccn4)cc3)cc21. The van der Waals surface area contributed by atoms with E-state index in [4.69, 9.17) is 0 Å². The number of urea groups is 1. The zero-order valence-electron chi connectivity index (χ0n) is 16.2. The summed E-state index contributed by atoms with van der Waals surface area (Å²) in [4.78, 5) is 30.9. The van der Waals surface area contributed by atoms with E-state index in [9.17, 15) is 9.59 Å². The lowest BCUT2D eigenvalue weighted by molar-refractivity contribution is 0.102. The molecule has 0 radical (unpaired) electrons. The first-order chi connectivity index (χ1) is 14.2. The second-order valence-electron chi connectivity index (χ2n) is 6.90. The summed E-state index contributed by atoms with van der Waals surface area (Å²) in [5.41, 5.74) is 5.00. The fourth-order valence-electron chi connectivity index (χ4n) is 3.53. The van der Waals surface area contributed by atoms with Crippen LogP contribution >= 0.6 is 0 Å². The Kier molecular flexibility index (Phi) is 5.24. The number of hydrogen-bond acceptors (Lipinski definition) is 3. The minimum Gasteiger partial charge on any atom is -0.341 e. The van der Waals surface area contributed by atoms with E-state index in [1.807, 2.05) is 48.5 Å². The minimum atomic E-state index is -0.195. The highest BCUT2D eigenvalue weighted by molar-refractivity contribution is 6.05. The molecule has 0 unspecified atom stereocenters. The molecule has 0 saturated heterocycles. The maximum absolute atomic E-state index is 12.7. The van der Waals surface area contributed by atoms with Crippen LogP contribution in [0.4, 0.5) is 16.2 Å². The highest BCUT2D eigenvalue weighted by Crippen LogP contribution is 2.30. The van der Waals surface area contributed by atoms with Gasteiger partial charge in [0.25, 0.3) is 5.91 Å². The molecule has 0 bridgehead atoms. The molecule has 2 aromatic carbocycles. The number of fused-ring (bicyclic) bond motifs is 1. The number of nitrogens with zero attached hydrogens (tertiary/aromatic N) is 2. The monoisotopic (exact) mass is 386 g/mol. The van der Waals surface area contributed by atoms with Crippen molar-refractivity contribution < 1.29 is 9.59 Å². The van der Waals surface area contributed by atoms with Crippen LogP contribution in [-0.4, -0.2) is 30.5 Å². The first-order valence-corrected chi connectivity index (χ1v) is 9.61. The van der Waals surface area contributed by atoms with Crippen molar-refractivity contribution in [2.75, 3.05) is 23.8 Å². The Morgan fingerprint density at radius 3 is 2.59 bits per heavy atom. The van der Waals surface area contributed by atoms with Crippen molar-refractivity contribution in [3.05, 3.63) is 78.0 Å². The predicted octanol–water partition coefficient (Wildman–Crippen LogP) is 4.09. The molecular formula is C23H22N4O2. The van der Waals surface area contributed by atoms with Gasteiger partial charge in [-0.15, -0.1) is 0 Å². The van der Waals surface area contributed by atoms with Gasteiger partial charge in [0, 0.05) is 36.6 Å². The number of nitrogens with one attached hydrogen (secondary N) is 2. The molecule has 1 aliphatic heterocycles. The van der Waals surface area contributed by atoms with Gasteiger partial charge in [0.2, 0.25) is 0 Å². The molecule has 1 aliphatic rings.